The van der Waals surface area contributed by atoms with Crippen LogP contribution >= 0.6 is 23.6 Å². The molecule has 0 atom stereocenters. The van der Waals surface area contributed by atoms with E-state index in [4.69, 9.17) is 17.0 Å². The molecule has 17 heavy (non-hydrogen) atoms. The van der Waals surface area contributed by atoms with Crippen molar-refractivity contribution in [3.8, 4) is 11.5 Å². The van der Waals surface area contributed by atoms with Gasteiger partial charge in [-0.1, -0.05) is 11.3 Å². The second-order valence-electron chi connectivity index (χ2n) is 3.09. The molecular weight excluding hydrogens is 258 g/mol. The molecule has 1 aromatic carbocycles. The van der Waals surface area contributed by atoms with Crippen LogP contribution in [0.1, 0.15) is 5.56 Å². The first-order chi connectivity index (χ1) is 8.19. The Balaban J connectivity index is 2.24. The van der Waals surface area contributed by atoms with Gasteiger partial charge < -0.3 is 9.84 Å². The lowest BCUT2D eigenvalue weighted by molar-refractivity contribution is 0.373. The summed E-state index contributed by atoms with van der Waals surface area (Å²) in [6, 6.07) is 4.96. The van der Waals surface area contributed by atoms with E-state index >= 15 is 0 Å². The van der Waals surface area contributed by atoms with E-state index in [2.05, 4.69) is 15.2 Å². The summed E-state index contributed by atoms with van der Waals surface area (Å²) in [5.74, 6) is 0.503. The van der Waals surface area contributed by atoms with E-state index in [1.807, 2.05) is 0 Å². The highest BCUT2D eigenvalue weighted by Gasteiger charge is 2.01. The number of benzene rings is 1. The molecular formula is C10H9N3O2S2. The third-order valence-corrected chi connectivity index (χ3v) is 2.95. The highest BCUT2D eigenvalue weighted by molar-refractivity contribution is 7.73. The van der Waals surface area contributed by atoms with E-state index in [1.165, 1.54) is 18.4 Å². The molecule has 5 nitrogen and oxygen atoms in total. The SMILES string of the molecule is COc1cc(C=Nc2n[nH]c(=S)s2)ccc1O. The Morgan fingerprint density at radius 3 is 3.06 bits per heavy atom. The third-order valence-electron chi connectivity index (χ3n) is 1.95. The molecule has 0 bridgehead atoms. The Kier molecular flexibility index (Phi) is 3.50. The first-order valence-electron chi connectivity index (χ1n) is 4.65. The normalized spacial score (nSPS) is 10.9. The third kappa shape index (κ3) is 2.89. The van der Waals surface area contributed by atoms with Crippen LogP contribution in [0.3, 0.4) is 0 Å². The number of H-pyrrole nitrogens is 1. The van der Waals surface area contributed by atoms with Crippen molar-refractivity contribution in [2.45, 2.75) is 0 Å². The number of rotatable bonds is 3. The van der Waals surface area contributed by atoms with Crippen LogP contribution in [0.2, 0.25) is 0 Å². The van der Waals surface area contributed by atoms with Gasteiger partial charge in [0, 0.05) is 6.21 Å². The minimum absolute atomic E-state index is 0.0973. The first kappa shape index (κ1) is 11.7. The summed E-state index contributed by atoms with van der Waals surface area (Å²) >= 11 is 6.18. The van der Waals surface area contributed by atoms with Crippen LogP contribution in [0.25, 0.3) is 0 Å². The van der Waals surface area contributed by atoms with Crippen LogP contribution in [-0.2, 0) is 0 Å². The van der Waals surface area contributed by atoms with Crippen LogP contribution in [0.15, 0.2) is 23.2 Å². The van der Waals surface area contributed by atoms with Crippen molar-refractivity contribution in [3.63, 3.8) is 0 Å². The standard InChI is InChI=1S/C10H9N3O2S2/c1-15-8-4-6(2-3-7(8)14)5-11-9-12-13-10(16)17-9/h2-5,14H,1H3,(H,13,16). The number of phenols is 1. The molecule has 0 unspecified atom stereocenters. The molecule has 2 rings (SSSR count). The van der Waals surface area contributed by atoms with Gasteiger partial charge in [0.1, 0.15) is 0 Å². The van der Waals surface area contributed by atoms with Gasteiger partial charge in [-0.2, -0.15) is 0 Å². The molecule has 0 spiro atoms. The Hall–Kier alpha value is -1.73. The van der Waals surface area contributed by atoms with Gasteiger partial charge >= 0.3 is 0 Å². The van der Waals surface area contributed by atoms with Gasteiger partial charge in [-0.05, 0) is 36.0 Å². The van der Waals surface area contributed by atoms with Crippen molar-refractivity contribution >= 4 is 34.9 Å². The molecule has 0 aliphatic rings. The maximum Gasteiger partial charge on any atom is 0.230 e. The molecule has 1 heterocycles. The van der Waals surface area contributed by atoms with E-state index in [0.29, 0.717) is 14.8 Å². The van der Waals surface area contributed by atoms with Crippen molar-refractivity contribution < 1.29 is 9.84 Å². The minimum Gasteiger partial charge on any atom is -0.504 e. The predicted octanol–water partition coefficient (Wildman–Crippen LogP) is 2.67. The lowest BCUT2D eigenvalue weighted by Crippen LogP contribution is -1.86. The largest absolute Gasteiger partial charge is 0.504 e. The summed E-state index contributed by atoms with van der Waals surface area (Å²) in [7, 11) is 1.50. The van der Waals surface area contributed by atoms with Crippen LogP contribution in [0, 0.1) is 3.95 Å². The first-order valence-corrected chi connectivity index (χ1v) is 5.88. The van der Waals surface area contributed by atoms with Crippen LogP contribution in [0.4, 0.5) is 5.13 Å². The molecule has 0 saturated heterocycles. The van der Waals surface area contributed by atoms with Crippen LogP contribution < -0.4 is 4.74 Å². The molecule has 0 radical (unpaired) electrons. The van der Waals surface area contributed by atoms with Gasteiger partial charge in [-0.25, -0.2) is 4.99 Å². The molecule has 1 aromatic heterocycles. The predicted molar refractivity (Wildman–Crippen MR) is 69.2 cm³/mol. The second-order valence-corrected chi connectivity index (χ2v) is 4.73. The number of hydrogen-bond donors (Lipinski definition) is 2. The molecule has 2 aromatic rings. The molecule has 88 valence electrons. The number of hydrogen-bond acceptors (Lipinski definition) is 6. The monoisotopic (exact) mass is 267 g/mol. The maximum absolute atomic E-state index is 9.42. The van der Waals surface area contributed by atoms with Gasteiger partial charge in [0.15, 0.2) is 15.5 Å². The molecule has 2 N–H and O–H groups in total. The quantitative estimate of drug-likeness (QED) is 0.662. The van der Waals surface area contributed by atoms with E-state index < -0.39 is 0 Å². The van der Waals surface area contributed by atoms with E-state index in [0.717, 1.165) is 5.56 Å². The van der Waals surface area contributed by atoms with E-state index in [9.17, 15) is 5.11 Å². The molecule has 0 amide bonds. The van der Waals surface area contributed by atoms with Gasteiger partial charge in [-0.15, -0.1) is 5.10 Å². The summed E-state index contributed by atoms with van der Waals surface area (Å²) in [5.41, 5.74) is 0.806. The van der Waals surface area contributed by atoms with Crippen molar-refractivity contribution in [3.05, 3.63) is 27.7 Å². The maximum atomic E-state index is 9.42. The van der Waals surface area contributed by atoms with Crippen molar-refractivity contribution in [1.82, 2.24) is 10.2 Å². The summed E-state index contributed by atoms with van der Waals surface area (Å²) in [5, 5.41) is 16.5. The van der Waals surface area contributed by atoms with E-state index in [1.54, 1.807) is 24.4 Å². The van der Waals surface area contributed by atoms with Crippen LogP contribution in [0.5, 0.6) is 11.5 Å². The molecule has 0 aliphatic carbocycles. The fourth-order valence-electron chi connectivity index (χ4n) is 1.18. The average Bonchev–Trinajstić information content (AvgIpc) is 2.74. The number of aromatic hydroxyl groups is 1. The Labute approximate surface area is 106 Å². The zero-order valence-corrected chi connectivity index (χ0v) is 10.5. The summed E-state index contributed by atoms with van der Waals surface area (Å²) in [6.07, 6.45) is 1.63. The highest BCUT2D eigenvalue weighted by atomic mass is 32.1. The van der Waals surface area contributed by atoms with Crippen LogP contribution in [-0.4, -0.2) is 28.6 Å². The number of phenolic OH excluding ortho intramolecular Hbond substituents is 1. The summed E-state index contributed by atoms with van der Waals surface area (Å²) in [4.78, 5) is 4.15. The van der Waals surface area contributed by atoms with Gasteiger partial charge in [0.2, 0.25) is 5.13 Å². The van der Waals surface area contributed by atoms with Crippen molar-refractivity contribution in [2.75, 3.05) is 7.11 Å². The smallest absolute Gasteiger partial charge is 0.230 e. The Bertz CT molecular complexity index is 604. The number of methoxy groups -OCH3 is 1. The van der Waals surface area contributed by atoms with Crippen molar-refractivity contribution in [2.24, 2.45) is 4.99 Å². The number of aromatic amines is 1. The molecule has 0 saturated carbocycles. The van der Waals surface area contributed by atoms with E-state index in [-0.39, 0.29) is 5.75 Å². The van der Waals surface area contributed by atoms with Gasteiger partial charge in [0.05, 0.1) is 7.11 Å². The zero-order valence-electron chi connectivity index (χ0n) is 8.88. The number of aromatic nitrogens is 2. The molecule has 0 fully saturated rings. The molecule has 7 heteroatoms. The minimum atomic E-state index is 0.0973. The number of ether oxygens (including phenoxy) is 1. The average molecular weight is 267 g/mol. The number of nitrogens with one attached hydrogen (secondary N) is 1. The summed E-state index contributed by atoms with van der Waals surface area (Å²) in [6.45, 7) is 0. The fourth-order valence-corrected chi connectivity index (χ4v) is 1.90. The Morgan fingerprint density at radius 1 is 1.59 bits per heavy atom. The van der Waals surface area contributed by atoms with Gasteiger partial charge in [-0.3, -0.25) is 5.10 Å². The summed E-state index contributed by atoms with van der Waals surface area (Å²) < 4.78 is 5.58. The lowest BCUT2D eigenvalue weighted by atomic mass is 10.2. The highest BCUT2D eigenvalue weighted by Crippen LogP contribution is 2.25. The Morgan fingerprint density at radius 2 is 2.41 bits per heavy atom. The van der Waals surface area contributed by atoms with Crippen molar-refractivity contribution in [1.29, 1.82) is 0 Å². The molecule has 0 aliphatic heterocycles. The number of aliphatic imine (C=N–C) groups is 1. The van der Waals surface area contributed by atoms with Gasteiger partial charge in [0.25, 0.3) is 0 Å². The fraction of sp³-hybridized carbons (Fsp3) is 0.100. The second kappa shape index (κ2) is 5.07. The zero-order chi connectivity index (χ0) is 12.3. The number of nitrogens with zero attached hydrogens (tertiary/aromatic N) is 2. The lowest BCUT2D eigenvalue weighted by Gasteiger charge is -2.02. The topological polar surface area (TPSA) is 70.5 Å².